The molecule has 0 unspecified atom stereocenters. The van der Waals surface area contributed by atoms with Gasteiger partial charge in [0.05, 0.1) is 13.2 Å². The third-order valence-corrected chi connectivity index (χ3v) is 6.24. The molecule has 0 atom stereocenters. The number of hydrogen-bond acceptors (Lipinski definition) is 2. The highest BCUT2D eigenvalue weighted by Crippen LogP contribution is 2.19. The number of carbonyl (C=O) groups is 1. The molecule has 1 fully saturated rings. The van der Waals surface area contributed by atoms with Crippen LogP contribution in [0.2, 0.25) is 0 Å². The van der Waals surface area contributed by atoms with E-state index in [2.05, 4.69) is 0 Å². The van der Waals surface area contributed by atoms with E-state index < -0.39 is 0 Å². The lowest BCUT2D eigenvalue weighted by molar-refractivity contribution is -0.118. The summed E-state index contributed by atoms with van der Waals surface area (Å²) in [5.74, 6) is 0.742. The van der Waals surface area contributed by atoms with Crippen molar-refractivity contribution in [3.05, 3.63) is 0 Å². The second-order valence-electron chi connectivity index (χ2n) is 9.13. The summed E-state index contributed by atoms with van der Waals surface area (Å²) < 4.78 is 5.22. The van der Waals surface area contributed by atoms with E-state index in [1.54, 1.807) is 0 Å². The van der Waals surface area contributed by atoms with Gasteiger partial charge in [0.15, 0.2) is 0 Å². The molecule has 0 spiro atoms. The molecule has 1 saturated heterocycles. The monoisotopic (exact) mass is 395 g/mol. The lowest BCUT2D eigenvalue weighted by Gasteiger charge is -2.25. The molecular formula is C25H49NO2. The second-order valence-corrected chi connectivity index (χ2v) is 9.13. The van der Waals surface area contributed by atoms with Crippen LogP contribution < -0.4 is 5.73 Å². The Morgan fingerprint density at radius 2 is 0.893 bits per heavy atom. The average molecular weight is 396 g/mol. The minimum absolute atomic E-state index is 0.152. The number of hydrogen-bond donors (Lipinski definition) is 1. The standard InChI is InChI=1S/C25H49NO2/c26-25(27)21-19-17-15-13-11-9-7-5-3-1-2-4-6-8-10-12-14-16-18-20-24-22-28-23-24/h24H,1-23H2,(H2,26,27). The number of unbranched alkanes of at least 4 members (excludes halogenated alkanes) is 18. The first-order chi connectivity index (χ1) is 13.8. The fourth-order valence-electron chi connectivity index (χ4n) is 4.19. The average Bonchev–Trinajstić information content (AvgIpc) is 2.64. The molecule has 1 amide bonds. The van der Waals surface area contributed by atoms with Gasteiger partial charge in [-0.2, -0.15) is 0 Å². The van der Waals surface area contributed by atoms with Gasteiger partial charge >= 0.3 is 0 Å². The third kappa shape index (κ3) is 17.5. The summed E-state index contributed by atoms with van der Waals surface area (Å²) in [6.07, 6.45) is 28.2. The fourth-order valence-corrected chi connectivity index (χ4v) is 4.19. The molecule has 1 aliphatic heterocycles. The summed E-state index contributed by atoms with van der Waals surface area (Å²) in [7, 11) is 0. The zero-order valence-corrected chi connectivity index (χ0v) is 18.7. The van der Waals surface area contributed by atoms with Gasteiger partial charge in [-0.15, -0.1) is 0 Å². The highest BCUT2D eigenvalue weighted by molar-refractivity contribution is 5.73. The molecule has 1 heterocycles. The van der Waals surface area contributed by atoms with Crippen molar-refractivity contribution in [3.63, 3.8) is 0 Å². The SMILES string of the molecule is NC(=O)CCCCCCCCCCCCCCCCCCCCCC1COC1. The van der Waals surface area contributed by atoms with Crippen LogP contribution in [0.1, 0.15) is 135 Å². The predicted octanol–water partition coefficient (Wildman–Crippen LogP) is 7.31. The van der Waals surface area contributed by atoms with E-state index in [9.17, 15) is 4.79 Å². The first-order valence-corrected chi connectivity index (χ1v) is 12.6. The molecule has 0 radical (unpaired) electrons. The van der Waals surface area contributed by atoms with E-state index in [1.165, 1.54) is 122 Å². The van der Waals surface area contributed by atoms with Crippen molar-refractivity contribution >= 4 is 5.91 Å². The molecule has 1 aliphatic rings. The van der Waals surface area contributed by atoms with Gasteiger partial charge in [-0.1, -0.05) is 116 Å². The Bertz CT molecular complexity index is 341. The molecule has 3 nitrogen and oxygen atoms in total. The lowest BCUT2D eigenvalue weighted by atomic mass is 9.98. The molecular weight excluding hydrogens is 346 g/mol. The zero-order valence-electron chi connectivity index (χ0n) is 18.7. The first kappa shape index (κ1) is 25.5. The summed E-state index contributed by atoms with van der Waals surface area (Å²) in [5, 5.41) is 0. The van der Waals surface area contributed by atoms with E-state index in [4.69, 9.17) is 10.5 Å². The number of nitrogens with two attached hydrogens (primary N) is 1. The molecule has 0 aliphatic carbocycles. The van der Waals surface area contributed by atoms with Gasteiger partial charge in [0.1, 0.15) is 0 Å². The normalized spacial score (nSPS) is 14.3. The molecule has 0 aromatic heterocycles. The minimum Gasteiger partial charge on any atom is -0.381 e. The molecule has 0 aromatic rings. The molecule has 1 rings (SSSR count). The third-order valence-electron chi connectivity index (χ3n) is 6.24. The molecule has 0 saturated carbocycles. The van der Waals surface area contributed by atoms with Crippen LogP contribution in [0, 0.1) is 5.92 Å². The molecule has 0 bridgehead atoms. The lowest BCUT2D eigenvalue weighted by Crippen LogP contribution is -2.27. The Balaban J connectivity index is 1.61. The number of amides is 1. The summed E-state index contributed by atoms with van der Waals surface area (Å²) in [4.78, 5) is 10.6. The van der Waals surface area contributed by atoms with Crippen LogP contribution in [0.5, 0.6) is 0 Å². The van der Waals surface area contributed by atoms with Gasteiger partial charge in [0, 0.05) is 12.3 Å². The number of carbonyl (C=O) groups excluding carboxylic acids is 1. The highest BCUT2D eigenvalue weighted by atomic mass is 16.5. The molecule has 0 aromatic carbocycles. The van der Waals surface area contributed by atoms with E-state index >= 15 is 0 Å². The summed E-state index contributed by atoms with van der Waals surface area (Å²) in [6.45, 7) is 2.06. The van der Waals surface area contributed by atoms with Crippen molar-refractivity contribution in [1.82, 2.24) is 0 Å². The van der Waals surface area contributed by atoms with Gasteiger partial charge in [0.2, 0.25) is 5.91 Å². The summed E-state index contributed by atoms with van der Waals surface area (Å²) >= 11 is 0. The smallest absolute Gasteiger partial charge is 0.217 e. The van der Waals surface area contributed by atoms with Gasteiger partial charge in [-0.3, -0.25) is 4.79 Å². The van der Waals surface area contributed by atoms with E-state index in [1.807, 2.05) is 0 Å². The molecule has 3 heteroatoms. The maximum Gasteiger partial charge on any atom is 0.217 e. The summed E-state index contributed by atoms with van der Waals surface area (Å²) in [6, 6.07) is 0. The Morgan fingerprint density at radius 1 is 0.571 bits per heavy atom. The van der Waals surface area contributed by atoms with Crippen LogP contribution in [0.15, 0.2) is 0 Å². The molecule has 28 heavy (non-hydrogen) atoms. The van der Waals surface area contributed by atoms with Gasteiger partial charge in [-0.05, 0) is 12.8 Å². The van der Waals surface area contributed by atoms with Crippen molar-refractivity contribution in [2.45, 2.75) is 135 Å². The topological polar surface area (TPSA) is 52.3 Å². The van der Waals surface area contributed by atoms with Crippen molar-refractivity contribution in [3.8, 4) is 0 Å². The van der Waals surface area contributed by atoms with Crippen LogP contribution in [0.3, 0.4) is 0 Å². The number of primary amides is 1. The Labute approximate surface area is 175 Å². The second kappa shape index (κ2) is 19.7. The number of rotatable bonds is 22. The van der Waals surface area contributed by atoms with Gasteiger partial charge < -0.3 is 10.5 Å². The van der Waals surface area contributed by atoms with Crippen molar-refractivity contribution < 1.29 is 9.53 Å². The fraction of sp³-hybridized carbons (Fsp3) is 0.960. The number of ether oxygens (including phenoxy) is 1. The van der Waals surface area contributed by atoms with E-state index in [0.717, 1.165) is 25.6 Å². The Kier molecular flexibility index (Phi) is 17.9. The van der Waals surface area contributed by atoms with Gasteiger partial charge in [-0.25, -0.2) is 0 Å². The quantitative estimate of drug-likeness (QED) is 0.195. The maximum atomic E-state index is 10.6. The van der Waals surface area contributed by atoms with Gasteiger partial charge in [0.25, 0.3) is 0 Å². The van der Waals surface area contributed by atoms with Crippen molar-refractivity contribution in [1.29, 1.82) is 0 Å². The zero-order chi connectivity index (χ0) is 20.1. The largest absolute Gasteiger partial charge is 0.381 e. The predicted molar refractivity (Wildman–Crippen MR) is 120 cm³/mol. The Morgan fingerprint density at radius 3 is 1.18 bits per heavy atom. The highest BCUT2D eigenvalue weighted by Gasteiger charge is 2.16. The van der Waals surface area contributed by atoms with Crippen molar-refractivity contribution in [2.75, 3.05) is 13.2 Å². The van der Waals surface area contributed by atoms with Crippen molar-refractivity contribution in [2.24, 2.45) is 11.7 Å². The molecule has 2 N–H and O–H groups in total. The first-order valence-electron chi connectivity index (χ1n) is 12.6. The van der Waals surface area contributed by atoms with E-state index in [-0.39, 0.29) is 5.91 Å². The van der Waals surface area contributed by atoms with Crippen LogP contribution >= 0.6 is 0 Å². The maximum absolute atomic E-state index is 10.6. The Hall–Kier alpha value is -0.570. The van der Waals surface area contributed by atoms with Crippen LogP contribution in [-0.2, 0) is 9.53 Å². The van der Waals surface area contributed by atoms with E-state index in [0.29, 0.717) is 6.42 Å². The van der Waals surface area contributed by atoms with Crippen LogP contribution in [0.4, 0.5) is 0 Å². The minimum atomic E-state index is -0.152. The summed E-state index contributed by atoms with van der Waals surface area (Å²) in [5.41, 5.74) is 5.14. The molecule has 166 valence electrons. The van der Waals surface area contributed by atoms with Crippen LogP contribution in [0.25, 0.3) is 0 Å². The van der Waals surface area contributed by atoms with Crippen LogP contribution in [-0.4, -0.2) is 19.1 Å².